The second-order valence-corrected chi connectivity index (χ2v) is 3.57. The van der Waals surface area contributed by atoms with E-state index in [0.717, 1.165) is 0 Å². The predicted molar refractivity (Wildman–Crippen MR) is 66.4 cm³/mol. The number of rotatable bonds is 2. The smallest absolute Gasteiger partial charge is 0.264 e. The summed E-state index contributed by atoms with van der Waals surface area (Å²) in [7, 11) is 0. The van der Waals surface area contributed by atoms with Gasteiger partial charge in [0.25, 0.3) is 5.91 Å². The van der Waals surface area contributed by atoms with Gasteiger partial charge in [-0.2, -0.15) is 0 Å². The van der Waals surface area contributed by atoms with Crippen molar-refractivity contribution in [1.29, 1.82) is 0 Å². The Morgan fingerprint density at radius 2 is 1.83 bits per heavy atom. The van der Waals surface area contributed by atoms with Crippen molar-refractivity contribution in [2.75, 3.05) is 11.1 Å². The topological polar surface area (TPSA) is 108 Å². The van der Waals surface area contributed by atoms with Gasteiger partial charge >= 0.3 is 0 Å². The Morgan fingerprint density at radius 3 is 2.44 bits per heavy atom. The number of hydrogen-bond donors (Lipinski definition) is 4. The number of phenolic OH excluding ortho intramolecular Hbond substituents is 2. The van der Waals surface area contributed by atoms with Crippen molar-refractivity contribution in [1.82, 2.24) is 4.98 Å². The van der Waals surface area contributed by atoms with E-state index in [4.69, 9.17) is 5.73 Å². The van der Waals surface area contributed by atoms with Crippen LogP contribution in [0.15, 0.2) is 36.5 Å². The average Bonchev–Trinajstić information content (AvgIpc) is 2.32. The third-order valence-corrected chi connectivity index (χ3v) is 2.32. The molecular formula is C12H11N3O3. The Morgan fingerprint density at radius 1 is 1.17 bits per heavy atom. The largest absolute Gasteiger partial charge is 0.507 e. The summed E-state index contributed by atoms with van der Waals surface area (Å²) in [6, 6.07) is 7.24. The Kier molecular flexibility index (Phi) is 3.01. The predicted octanol–water partition coefficient (Wildman–Crippen LogP) is 1.33. The molecule has 0 aliphatic carbocycles. The zero-order valence-electron chi connectivity index (χ0n) is 9.29. The lowest BCUT2D eigenvalue weighted by Crippen LogP contribution is -2.14. The normalized spacial score (nSPS) is 10.0. The van der Waals surface area contributed by atoms with Crippen LogP contribution in [0.1, 0.15) is 10.4 Å². The van der Waals surface area contributed by atoms with Crippen LogP contribution in [0.5, 0.6) is 11.5 Å². The highest BCUT2D eigenvalue weighted by molar-refractivity contribution is 6.08. The number of phenols is 2. The highest BCUT2D eigenvalue weighted by Gasteiger charge is 2.17. The van der Waals surface area contributed by atoms with E-state index >= 15 is 0 Å². The van der Waals surface area contributed by atoms with Crippen LogP contribution in [-0.2, 0) is 0 Å². The van der Waals surface area contributed by atoms with E-state index in [1.807, 2.05) is 0 Å². The number of hydrogen-bond acceptors (Lipinski definition) is 5. The molecule has 92 valence electrons. The SMILES string of the molecule is Nc1cccnc1NC(=O)c1c(O)cccc1O. The fourth-order valence-corrected chi connectivity index (χ4v) is 1.45. The number of pyridine rings is 1. The van der Waals surface area contributed by atoms with Gasteiger partial charge in [0, 0.05) is 6.20 Å². The monoisotopic (exact) mass is 245 g/mol. The summed E-state index contributed by atoms with van der Waals surface area (Å²) in [6.45, 7) is 0. The van der Waals surface area contributed by atoms with E-state index in [2.05, 4.69) is 10.3 Å². The Bertz CT molecular complexity index is 579. The molecule has 18 heavy (non-hydrogen) atoms. The van der Waals surface area contributed by atoms with Crippen LogP contribution in [0, 0.1) is 0 Å². The molecule has 0 radical (unpaired) electrons. The van der Waals surface area contributed by atoms with Crippen LogP contribution in [0.4, 0.5) is 11.5 Å². The molecule has 0 fully saturated rings. The van der Waals surface area contributed by atoms with Crippen molar-refractivity contribution in [2.45, 2.75) is 0 Å². The molecule has 2 aromatic rings. The summed E-state index contributed by atoms with van der Waals surface area (Å²) >= 11 is 0. The van der Waals surface area contributed by atoms with E-state index in [-0.39, 0.29) is 22.9 Å². The van der Waals surface area contributed by atoms with Crippen molar-refractivity contribution in [3.05, 3.63) is 42.1 Å². The van der Waals surface area contributed by atoms with Gasteiger partial charge < -0.3 is 21.3 Å². The number of nitrogens with zero attached hydrogens (tertiary/aromatic N) is 1. The van der Waals surface area contributed by atoms with Crippen molar-refractivity contribution >= 4 is 17.4 Å². The Hall–Kier alpha value is -2.76. The standard InChI is InChI=1S/C12H11N3O3/c13-7-3-2-6-14-11(7)15-12(18)10-8(16)4-1-5-9(10)17/h1-6,16-17H,13H2,(H,14,15,18). The van der Waals surface area contributed by atoms with Crippen molar-refractivity contribution < 1.29 is 15.0 Å². The number of amides is 1. The molecular weight excluding hydrogens is 234 g/mol. The number of nitrogens with one attached hydrogen (secondary N) is 1. The van der Waals surface area contributed by atoms with Gasteiger partial charge in [-0.05, 0) is 24.3 Å². The van der Waals surface area contributed by atoms with Crippen molar-refractivity contribution in [3.63, 3.8) is 0 Å². The molecule has 0 aliphatic heterocycles. The number of benzene rings is 1. The molecule has 0 spiro atoms. The molecule has 0 saturated carbocycles. The molecule has 6 nitrogen and oxygen atoms in total. The summed E-state index contributed by atoms with van der Waals surface area (Å²) < 4.78 is 0. The summed E-state index contributed by atoms with van der Waals surface area (Å²) in [4.78, 5) is 15.8. The van der Waals surface area contributed by atoms with E-state index in [9.17, 15) is 15.0 Å². The van der Waals surface area contributed by atoms with Crippen LogP contribution in [0.2, 0.25) is 0 Å². The van der Waals surface area contributed by atoms with Gasteiger partial charge in [-0.25, -0.2) is 4.98 Å². The number of aromatic hydroxyl groups is 2. The first-order chi connectivity index (χ1) is 8.59. The lowest BCUT2D eigenvalue weighted by atomic mass is 10.1. The van der Waals surface area contributed by atoms with Gasteiger partial charge in [0.15, 0.2) is 5.82 Å². The number of nitrogens with two attached hydrogens (primary N) is 1. The molecule has 5 N–H and O–H groups in total. The lowest BCUT2D eigenvalue weighted by molar-refractivity contribution is 0.102. The zero-order valence-corrected chi connectivity index (χ0v) is 9.29. The second kappa shape index (κ2) is 4.62. The first kappa shape index (κ1) is 11.7. The van der Waals surface area contributed by atoms with Gasteiger partial charge in [0.05, 0.1) is 5.69 Å². The summed E-state index contributed by atoms with van der Waals surface area (Å²) in [5.41, 5.74) is 5.69. The molecule has 2 rings (SSSR count). The van der Waals surface area contributed by atoms with E-state index in [0.29, 0.717) is 5.69 Å². The van der Waals surface area contributed by atoms with Gasteiger partial charge in [0.2, 0.25) is 0 Å². The van der Waals surface area contributed by atoms with Crippen molar-refractivity contribution in [2.24, 2.45) is 0 Å². The summed E-state index contributed by atoms with van der Waals surface area (Å²) in [5, 5.41) is 21.5. The molecule has 6 heteroatoms. The molecule has 1 aromatic carbocycles. The Balaban J connectivity index is 2.31. The molecule has 1 aromatic heterocycles. The molecule has 0 unspecified atom stereocenters. The van der Waals surface area contributed by atoms with Gasteiger partial charge in [-0.15, -0.1) is 0 Å². The maximum Gasteiger partial charge on any atom is 0.264 e. The van der Waals surface area contributed by atoms with Crippen LogP contribution in [0.3, 0.4) is 0 Å². The van der Waals surface area contributed by atoms with E-state index in [1.54, 1.807) is 12.1 Å². The minimum atomic E-state index is -0.684. The van der Waals surface area contributed by atoms with Gasteiger partial charge in [-0.3, -0.25) is 4.79 Å². The van der Waals surface area contributed by atoms with Gasteiger partial charge in [-0.1, -0.05) is 6.07 Å². The lowest BCUT2D eigenvalue weighted by Gasteiger charge is -2.09. The quantitative estimate of drug-likeness (QED) is 0.638. The average molecular weight is 245 g/mol. The highest BCUT2D eigenvalue weighted by Crippen LogP contribution is 2.27. The van der Waals surface area contributed by atoms with E-state index < -0.39 is 5.91 Å². The van der Waals surface area contributed by atoms with Crippen LogP contribution in [-0.4, -0.2) is 21.1 Å². The maximum atomic E-state index is 11.9. The molecule has 0 saturated heterocycles. The minimum absolute atomic E-state index is 0.171. The molecule has 1 heterocycles. The van der Waals surface area contributed by atoms with Crippen LogP contribution >= 0.6 is 0 Å². The fourth-order valence-electron chi connectivity index (χ4n) is 1.45. The molecule has 0 bridgehead atoms. The number of anilines is 2. The summed E-state index contributed by atoms with van der Waals surface area (Å²) in [6.07, 6.45) is 1.47. The Labute approximate surface area is 103 Å². The number of nitrogen functional groups attached to an aromatic ring is 1. The first-order valence-corrected chi connectivity index (χ1v) is 5.12. The van der Waals surface area contributed by atoms with Gasteiger partial charge in [0.1, 0.15) is 17.1 Å². The number of carbonyl (C=O) groups excluding carboxylic acids is 1. The first-order valence-electron chi connectivity index (χ1n) is 5.12. The third-order valence-electron chi connectivity index (χ3n) is 2.32. The minimum Gasteiger partial charge on any atom is -0.507 e. The number of aromatic nitrogens is 1. The highest BCUT2D eigenvalue weighted by atomic mass is 16.3. The zero-order chi connectivity index (χ0) is 13.1. The van der Waals surface area contributed by atoms with Crippen molar-refractivity contribution in [3.8, 4) is 11.5 Å². The molecule has 0 atom stereocenters. The molecule has 0 aliphatic rings. The molecule has 1 amide bonds. The fraction of sp³-hybridized carbons (Fsp3) is 0. The number of carbonyl (C=O) groups is 1. The van der Waals surface area contributed by atoms with Crippen LogP contribution < -0.4 is 11.1 Å². The van der Waals surface area contributed by atoms with Crippen LogP contribution in [0.25, 0.3) is 0 Å². The summed E-state index contributed by atoms with van der Waals surface area (Å²) in [5.74, 6) is -1.15. The van der Waals surface area contributed by atoms with E-state index in [1.165, 1.54) is 24.4 Å². The third kappa shape index (κ3) is 2.17. The second-order valence-electron chi connectivity index (χ2n) is 3.57. The maximum absolute atomic E-state index is 11.9.